The number of nitriles is 1. The van der Waals surface area contributed by atoms with Gasteiger partial charge in [0.1, 0.15) is 6.07 Å². The first kappa shape index (κ1) is 19.5. The summed E-state index contributed by atoms with van der Waals surface area (Å²) in [5.41, 5.74) is 3.24. The number of amides is 1. The van der Waals surface area contributed by atoms with E-state index >= 15 is 0 Å². The Bertz CT molecular complexity index is 900. The molecule has 0 bridgehead atoms. The molecule has 1 amide bonds. The molecule has 2 aliphatic heterocycles. The SMILES string of the molecule is CC1CCN(c2cc(C3CCNCC3)ccc2NC(=O)c2ccc(C#N)o2)CC1. The number of carbonyl (C=O) groups excluding carboxylic acids is 1. The number of rotatable bonds is 4. The molecule has 2 aliphatic rings. The number of piperidine rings is 2. The third-order valence-electron chi connectivity index (χ3n) is 6.14. The van der Waals surface area contributed by atoms with E-state index in [0.717, 1.165) is 69.2 Å². The van der Waals surface area contributed by atoms with Crippen molar-refractivity contribution in [3.63, 3.8) is 0 Å². The van der Waals surface area contributed by atoms with E-state index in [2.05, 4.69) is 34.6 Å². The lowest BCUT2D eigenvalue weighted by Crippen LogP contribution is -2.34. The van der Waals surface area contributed by atoms with Crippen LogP contribution in [0.25, 0.3) is 0 Å². The Morgan fingerprint density at radius 3 is 2.62 bits per heavy atom. The van der Waals surface area contributed by atoms with Gasteiger partial charge >= 0.3 is 0 Å². The van der Waals surface area contributed by atoms with Gasteiger partial charge in [-0.05, 0) is 80.4 Å². The normalized spacial score (nSPS) is 18.4. The summed E-state index contributed by atoms with van der Waals surface area (Å²) in [7, 11) is 0. The maximum Gasteiger partial charge on any atom is 0.291 e. The predicted molar refractivity (Wildman–Crippen MR) is 113 cm³/mol. The molecule has 0 spiro atoms. The van der Waals surface area contributed by atoms with Gasteiger partial charge in [0.2, 0.25) is 5.76 Å². The van der Waals surface area contributed by atoms with Crippen LogP contribution in [0.15, 0.2) is 34.7 Å². The van der Waals surface area contributed by atoms with Gasteiger partial charge in [-0.15, -0.1) is 0 Å². The second kappa shape index (κ2) is 8.71. The molecular formula is C23H28N4O2. The van der Waals surface area contributed by atoms with Gasteiger partial charge in [0, 0.05) is 13.1 Å². The van der Waals surface area contributed by atoms with E-state index in [1.807, 2.05) is 12.1 Å². The molecule has 29 heavy (non-hydrogen) atoms. The number of hydrogen-bond donors (Lipinski definition) is 2. The van der Waals surface area contributed by atoms with Crippen molar-refractivity contribution in [2.45, 2.75) is 38.5 Å². The summed E-state index contributed by atoms with van der Waals surface area (Å²) in [5.74, 6) is 1.27. The van der Waals surface area contributed by atoms with Gasteiger partial charge in [-0.1, -0.05) is 13.0 Å². The highest BCUT2D eigenvalue weighted by Crippen LogP contribution is 2.35. The lowest BCUT2D eigenvalue weighted by atomic mass is 9.89. The smallest absolute Gasteiger partial charge is 0.291 e. The van der Waals surface area contributed by atoms with Crippen LogP contribution in [0.1, 0.15) is 60.4 Å². The van der Waals surface area contributed by atoms with Crippen molar-refractivity contribution in [3.05, 3.63) is 47.4 Å². The van der Waals surface area contributed by atoms with Crippen LogP contribution in [-0.4, -0.2) is 32.1 Å². The lowest BCUT2D eigenvalue weighted by Gasteiger charge is -2.34. The number of furan rings is 1. The first-order chi connectivity index (χ1) is 14.1. The van der Waals surface area contributed by atoms with Crippen molar-refractivity contribution in [1.29, 1.82) is 5.26 Å². The second-order valence-electron chi connectivity index (χ2n) is 8.20. The number of nitrogens with zero attached hydrogens (tertiary/aromatic N) is 2. The average molecular weight is 393 g/mol. The molecule has 0 aliphatic carbocycles. The molecule has 2 N–H and O–H groups in total. The minimum atomic E-state index is -0.326. The number of nitrogens with one attached hydrogen (secondary N) is 2. The second-order valence-corrected chi connectivity index (χ2v) is 8.20. The van der Waals surface area contributed by atoms with E-state index in [-0.39, 0.29) is 17.4 Å². The highest BCUT2D eigenvalue weighted by atomic mass is 16.3. The van der Waals surface area contributed by atoms with Gasteiger partial charge in [-0.2, -0.15) is 5.26 Å². The van der Waals surface area contributed by atoms with Gasteiger partial charge in [0.05, 0.1) is 11.4 Å². The molecule has 6 heteroatoms. The average Bonchev–Trinajstić information content (AvgIpc) is 3.25. The molecule has 6 nitrogen and oxygen atoms in total. The Hall–Kier alpha value is -2.78. The minimum absolute atomic E-state index is 0.140. The fourth-order valence-corrected chi connectivity index (χ4v) is 4.28. The molecule has 2 fully saturated rings. The van der Waals surface area contributed by atoms with Gasteiger partial charge in [-0.3, -0.25) is 4.79 Å². The third kappa shape index (κ3) is 4.46. The van der Waals surface area contributed by atoms with Gasteiger partial charge in [0.15, 0.2) is 5.76 Å². The van der Waals surface area contributed by atoms with Crippen molar-refractivity contribution >= 4 is 17.3 Å². The highest BCUT2D eigenvalue weighted by Gasteiger charge is 2.23. The quantitative estimate of drug-likeness (QED) is 0.818. The summed E-state index contributed by atoms with van der Waals surface area (Å²) in [6.45, 7) is 6.41. The van der Waals surface area contributed by atoms with E-state index in [0.29, 0.717) is 5.92 Å². The summed E-state index contributed by atoms with van der Waals surface area (Å²) in [5, 5.41) is 15.4. The minimum Gasteiger partial charge on any atom is -0.440 e. The van der Waals surface area contributed by atoms with Crippen LogP contribution in [0.3, 0.4) is 0 Å². The molecule has 0 atom stereocenters. The molecule has 0 unspecified atom stereocenters. The van der Waals surface area contributed by atoms with Gasteiger partial charge in [-0.25, -0.2) is 0 Å². The summed E-state index contributed by atoms with van der Waals surface area (Å²) >= 11 is 0. The van der Waals surface area contributed by atoms with Crippen molar-refractivity contribution in [3.8, 4) is 6.07 Å². The molecule has 152 valence electrons. The summed E-state index contributed by atoms with van der Waals surface area (Å²) < 4.78 is 5.29. The fraction of sp³-hybridized carbons (Fsp3) is 0.478. The van der Waals surface area contributed by atoms with Crippen molar-refractivity contribution in [2.75, 3.05) is 36.4 Å². The standard InChI is InChI=1S/C23H28N4O2/c1-16-8-12-27(13-9-16)21-14-18(17-6-10-25-11-7-17)2-4-20(21)26-23(28)22-5-3-19(15-24)29-22/h2-5,14,16-17,25H,6-13H2,1H3,(H,26,28). The Labute approximate surface area is 171 Å². The monoisotopic (exact) mass is 392 g/mol. The van der Waals surface area contributed by atoms with Crippen LogP contribution in [0, 0.1) is 17.2 Å². The zero-order chi connectivity index (χ0) is 20.2. The Morgan fingerprint density at radius 1 is 1.17 bits per heavy atom. The Kier molecular flexibility index (Phi) is 5.86. The molecule has 2 aromatic rings. The molecule has 1 aromatic carbocycles. The molecule has 1 aromatic heterocycles. The third-order valence-corrected chi connectivity index (χ3v) is 6.14. The summed E-state index contributed by atoms with van der Waals surface area (Å²) in [4.78, 5) is 15.1. The van der Waals surface area contributed by atoms with Crippen molar-refractivity contribution in [1.82, 2.24) is 5.32 Å². The lowest BCUT2D eigenvalue weighted by molar-refractivity contribution is 0.0996. The molecule has 2 saturated heterocycles. The predicted octanol–water partition coefficient (Wildman–Crippen LogP) is 4.11. The number of anilines is 2. The fourth-order valence-electron chi connectivity index (χ4n) is 4.28. The maximum atomic E-state index is 12.7. The van der Waals surface area contributed by atoms with E-state index < -0.39 is 0 Å². The van der Waals surface area contributed by atoms with Gasteiger partial charge < -0.3 is 20.0 Å². The zero-order valence-corrected chi connectivity index (χ0v) is 16.9. The van der Waals surface area contributed by atoms with Crippen LogP contribution in [0.4, 0.5) is 11.4 Å². The maximum absolute atomic E-state index is 12.7. The molecular weight excluding hydrogens is 364 g/mol. The van der Waals surface area contributed by atoms with Crippen LogP contribution in [-0.2, 0) is 0 Å². The zero-order valence-electron chi connectivity index (χ0n) is 16.9. The van der Waals surface area contributed by atoms with Crippen LogP contribution in [0.5, 0.6) is 0 Å². The van der Waals surface area contributed by atoms with Crippen LogP contribution >= 0.6 is 0 Å². The van der Waals surface area contributed by atoms with E-state index in [1.165, 1.54) is 11.6 Å². The molecule has 0 radical (unpaired) electrons. The topological polar surface area (TPSA) is 81.3 Å². The molecule has 4 rings (SSSR count). The van der Waals surface area contributed by atoms with Crippen LogP contribution in [0.2, 0.25) is 0 Å². The number of benzene rings is 1. The van der Waals surface area contributed by atoms with Gasteiger partial charge in [0.25, 0.3) is 5.91 Å². The van der Waals surface area contributed by atoms with E-state index in [1.54, 1.807) is 6.07 Å². The highest BCUT2D eigenvalue weighted by molar-refractivity contribution is 6.04. The number of hydrogen-bond acceptors (Lipinski definition) is 5. The summed E-state index contributed by atoms with van der Waals surface area (Å²) in [6.07, 6.45) is 4.61. The van der Waals surface area contributed by atoms with E-state index in [4.69, 9.17) is 9.68 Å². The van der Waals surface area contributed by atoms with Crippen molar-refractivity contribution < 1.29 is 9.21 Å². The summed E-state index contributed by atoms with van der Waals surface area (Å²) in [6, 6.07) is 11.4. The first-order valence-electron chi connectivity index (χ1n) is 10.5. The molecule has 0 saturated carbocycles. The van der Waals surface area contributed by atoms with E-state index in [9.17, 15) is 4.79 Å². The first-order valence-corrected chi connectivity index (χ1v) is 10.5. The largest absolute Gasteiger partial charge is 0.440 e. The Balaban J connectivity index is 1.60. The Morgan fingerprint density at radius 2 is 1.93 bits per heavy atom. The van der Waals surface area contributed by atoms with Crippen molar-refractivity contribution in [2.24, 2.45) is 5.92 Å². The molecule has 3 heterocycles. The number of carbonyl (C=O) groups is 1. The van der Waals surface area contributed by atoms with Crippen LogP contribution < -0.4 is 15.5 Å².